The van der Waals surface area contributed by atoms with Gasteiger partial charge in [-0.25, -0.2) is 0 Å². The van der Waals surface area contributed by atoms with Crippen LogP contribution in [-0.2, 0) is 13.1 Å². The molecule has 0 saturated heterocycles. The number of unbranched alkanes of at least 4 members (excludes halogenated alkanes) is 1. The Kier molecular flexibility index (Phi) is 4.51. The van der Waals surface area contributed by atoms with Crippen LogP contribution in [-0.4, -0.2) is 21.5 Å². The average Bonchev–Trinajstić information content (AvgIpc) is 2.96. The van der Waals surface area contributed by atoms with Gasteiger partial charge in [0, 0.05) is 24.2 Å². The molecule has 0 bridgehead atoms. The summed E-state index contributed by atoms with van der Waals surface area (Å²) in [5.41, 5.74) is 0. The Balaban J connectivity index is 1.49. The van der Waals surface area contributed by atoms with Crippen LogP contribution in [0.4, 0.5) is 0 Å². The van der Waals surface area contributed by atoms with Crippen LogP contribution in [0.2, 0.25) is 0 Å². The van der Waals surface area contributed by atoms with Crippen molar-refractivity contribution in [2.24, 2.45) is 0 Å². The highest BCUT2D eigenvalue weighted by Gasteiger charge is 1.94. The maximum absolute atomic E-state index is 3.92. The molecule has 0 radical (unpaired) electrons. The van der Waals surface area contributed by atoms with Gasteiger partial charge in [-0.05, 0) is 30.8 Å². The highest BCUT2D eigenvalue weighted by molar-refractivity contribution is 7.09. The molecule has 2 aromatic rings. The maximum atomic E-state index is 3.92. The Morgan fingerprint density at radius 2 is 2.38 bits per heavy atom. The second-order valence-electron chi connectivity index (χ2n) is 3.63. The van der Waals surface area contributed by atoms with Gasteiger partial charge in [-0.2, -0.15) is 0 Å². The van der Waals surface area contributed by atoms with Crippen LogP contribution in [0, 0.1) is 0 Å². The lowest BCUT2D eigenvalue weighted by atomic mass is 10.3. The van der Waals surface area contributed by atoms with Gasteiger partial charge in [0.1, 0.15) is 0 Å². The number of aryl methyl sites for hydroxylation is 1. The van der Waals surface area contributed by atoms with Gasteiger partial charge in [-0.3, -0.25) is 4.68 Å². The molecule has 2 rings (SSSR count). The van der Waals surface area contributed by atoms with Gasteiger partial charge >= 0.3 is 0 Å². The minimum absolute atomic E-state index is 0.959. The number of nitrogens with zero attached hydrogens (tertiary/aromatic N) is 3. The standard InChI is InChI=1S/C11H16N4S/c1(2-7-15-8-6-13-14-15)5-12-10-11-4-3-9-16-11/h3-4,6,8-9,12H,1-2,5,7,10H2. The third-order valence-corrected chi connectivity index (χ3v) is 3.22. The number of hydrogen-bond acceptors (Lipinski definition) is 4. The number of nitrogens with one attached hydrogen (secondary N) is 1. The van der Waals surface area contributed by atoms with Crippen LogP contribution in [0.3, 0.4) is 0 Å². The number of hydrogen-bond donors (Lipinski definition) is 1. The Hall–Kier alpha value is -1.20. The molecule has 0 atom stereocenters. The Morgan fingerprint density at radius 3 is 3.12 bits per heavy atom. The Labute approximate surface area is 99.3 Å². The van der Waals surface area contributed by atoms with E-state index in [4.69, 9.17) is 0 Å². The molecule has 0 aromatic carbocycles. The zero-order valence-corrected chi connectivity index (χ0v) is 9.99. The van der Waals surface area contributed by atoms with Crippen molar-refractivity contribution in [1.82, 2.24) is 20.3 Å². The molecule has 0 saturated carbocycles. The first kappa shape index (κ1) is 11.3. The first-order chi connectivity index (χ1) is 7.95. The summed E-state index contributed by atoms with van der Waals surface area (Å²) in [5, 5.41) is 13.2. The topological polar surface area (TPSA) is 42.7 Å². The molecule has 4 nitrogen and oxygen atoms in total. The summed E-state index contributed by atoms with van der Waals surface area (Å²) in [5.74, 6) is 0. The molecule has 2 aromatic heterocycles. The van der Waals surface area contributed by atoms with Gasteiger partial charge in [-0.1, -0.05) is 11.3 Å². The summed E-state index contributed by atoms with van der Waals surface area (Å²) in [6.07, 6.45) is 5.93. The molecule has 2 heterocycles. The average molecular weight is 236 g/mol. The normalized spacial score (nSPS) is 10.8. The van der Waals surface area contributed by atoms with Gasteiger partial charge in [0.25, 0.3) is 0 Å². The molecule has 0 aliphatic rings. The molecular weight excluding hydrogens is 220 g/mol. The lowest BCUT2D eigenvalue weighted by Crippen LogP contribution is -2.14. The van der Waals surface area contributed by atoms with E-state index in [1.807, 2.05) is 10.9 Å². The molecule has 0 fully saturated rings. The van der Waals surface area contributed by atoms with Crippen molar-refractivity contribution in [2.75, 3.05) is 6.54 Å². The molecule has 5 heteroatoms. The fourth-order valence-corrected chi connectivity index (χ4v) is 2.17. The lowest BCUT2D eigenvalue weighted by Gasteiger charge is -2.03. The van der Waals surface area contributed by atoms with E-state index in [0.29, 0.717) is 0 Å². The summed E-state index contributed by atoms with van der Waals surface area (Å²) in [4.78, 5) is 1.40. The van der Waals surface area contributed by atoms with Gasteiger partial charge < -0.3 is 5.32 Å². The Morgan fingerprint density at radius 1 is 1.38 bits per heavy atom. The summed E-state index contributed by atoms with van der Waals surface area (Å²) < 4.78 is 1.87. The van der Waals surface area contributed by atoms with Crippen LogP contribution in [0.1, 0.15) is 17.7 Å². The monoisotopic (exact) mass is 236 g/mol. The molecule has 86 valence electrons. The van der Waals surface area contributed by atoms with Gasteiger partial charge in [0.05, 0.1) is 6.20 Å². The first-order valence-electron chi connectivity index (χ1n) is 5.52. The minimum Gasteiger partial charge on any atom is -0.312 e. The Bertz CT molecular complexity index is 330. The zero-order valence-electron chi connectivity index (χ0n) is 9.17. The van der Waals surface area contributed by atoms with Crippen LogP contribution >= 0.6 is 11.3 Å². The molecule has 0 amide bonds. The second-order valence-corrected chi connectivity index (χ2v) is 4.66. The number of aromatic nitrogens is 3. The third kappa shape index (κ3) is 3.75. The lowest BCUT2D eigenvalue weighted by molar-refractivity contribution is 0.524. The van der Waals surface area contributed by atoms with Crippen molar-refractivity contribution >= 4 is 11.3 Å². The molecule has 0 aliphatic carbocycles. The summed E-state index contributed by atoms with van der Waals surface area (Å²) >= 11 is 1.80. The quantitative estimate of drug-likeness (QED) is 0.747. The predicted molar refractivity (Wildman–Crippen MR) is 65.3 cm³/mol. The number of rotatable bonds is 7. The van der Waals surface area contributed by atoms with E-state index in [-0.39, 0.29) is 0 Å². The van der Waals surface area contributed by atoms with Gasteiger partial charge in [0.15, 0.2) is 0 Å². The minimum atomic E-state index is 0.959. The zero-order chi connectivity index (χ0) is 11.1. The number of thiophene rings is 1. The van der Waals surface area contributed by atoms with Gasteiger partial charge in [-0.15, -0.1) is 16.4 Å². The van der Waals surface area contributed by atoms with Crippen molar-refractivity contribution in [2.45, 2.75) is 25.9 Å². The highest BCUT2D eigenvalue weighted by Crippen LogP contribution is 2.07. The van der Waals surface area contributed by atoms with E-state index in [1.54, 1.807) is 17.5 Å². The van der Waals surface area contributed by atoms with Crippen molar-refractivity contribution < 1.29 is 0 Å². The van der Waals surface area contributed by atoms with E-state index in [0.717, 1.165) is 26.1 Å². The SMILES string of the molecule is c1csc(CNCCCCn2ccnn2)c1. The smallest absolute Gasteiger partial charge is 0.0692 e. The van der Waals surface area contributed by atoms with E-state index in [2.05, 4.69) is 33.1 Å². The van der Waals surface area contributed by atoms with Crippen LogP contribution in [0.15, 0.2) is 29.9 Å². The van der Waals surface area contributed by atoms with Crippen LogP contribution in [0.25, 0.3) is 0 Å². The van der Waals surface area contributed by atoms with Crippen molar-refractivity contribution in [3.8, 4) is 0 Å². The van der Waals surface area contributed by atoms with E-state index < -0.39 is 0 Å². The fraction of sp³-hybridized carbons (Fsp3) is 0.455. The molecule has 0 unspecified atom stereocenters. The molecular formula is C11H16N4S. The molecule has 0 spiro atoms. The van der Waals surface area contributed by atoms with E-state index in [9.17, 15) is 0 Å². The fourth-order valence-electron chi connectivity index (χ4n) is 1.50. The first-order valence-corrected chi connectivity index (χ1v) is 6.40. The third-order valence-electron chi connectivity index (χ3n) is 2.34. The second kappa shape index (κ2) is 6.40. The highest BCUT2D eigenvalue weighted by atomic mass is 32.1. The largest absolute Gasteiger partial charge is 0.312 e. The van der Waals surface area contributed by atoms with Gasteiger partial charge in [0.2, 0.25) is 0 Å². The van der Waals surface area contributed by atoms with E-state index in [1.165, 1.54) is 11.3 Å². The van der Waals surface area contributed by atoms with Crippen molar-refractivity contribution in [1.29, 1.82) is 0 Å². The van der Waals surface area contributed by atoms with Crippen molar-refractivity contribution in [3.63, 3.8) is 0 Å². The summed E-state index contributed by atoms with van der Waals surface area (Å²) in [7, 11) is 0. The van der Waals surface area contributed by atoms with Crippen LogP contribution in [0.5, 0.6) is 0 Å². The molecule has 16 heavy (non-hydrogen) atoms. The van der Waals surface area contributed by atoms with Crippen molar-refractivity contribution in [3.05, 3.63) is 34.8 Å². The van der Waals surface area contributed by atoms with Crippen LogP contribution < -0.4 is 5.32 Å². The predicted octanol–water partition coefficient (Wildman–Crippen LogP) is 1.91. The molecule has 1 N–H and O–H groups in total. The molecule has 0 aliphatic heterocycles. The summed E-state index contributed by atoms with van der Waals surface area (Å²) in [6.45, 7) is 3.01. The van der Waals surface area contributed by atoms with E-state index >= 15 is 0 Å². The summed E-state index contributed by atoms with van der Waals surface area (Å²) in [6, 6.07) is 4.25. The maximum Gasteiger partial charge on any atom is 0.0692 e.